The second-order valence-electron chi connectivity index (χ2n) is 8.72. The Kier molecular flexibility index (Phi) is 8.30. The number of carbonyl (C=O) groups is 1. The summed E-state index contributed by atoms with van der Waals surface area (Å²) >= 11 is 1.45. The number of thiophene rings is 1. The van der Waals surface area contributed by atoms with E-state index in [4.69, 9.17) is 9.47 Å². The van der Waals surface area contributed by atoms with E-state index in [2.05, 4.69) is 52.8 Å². The van der Waals surface area contributed by atoms with Gasteiger partial charge in [0.1, 0.15) is 5.75 Å². The molecule has 33 heavy (non-hydrogen) atoms. The fourth-order valence-corrected chi connectivity index (χ4v) is 4.79. The molecule has 2 aromatic carbocycles. The molecule has 0 atom stereocenters. The molecule has 3 rings (SSSR count). The van der Waals surface area contributed by atoms with Crippen LogP contribution in [0.3, 0.4) is 0 Å². The Morgan fingerprint density at radius 1 is 1.06 bits per heavy atom. The maximum Gasteiger partial charge on any atom is 0.367 e. The molecule has 0 saturated heterocycles. The van der Waals surface area contributed by atoms with Crippen molar-refractivity contribution >= 4 is 33.5 Å². The van der Waals surface area contributed by atoms with Gasteiger partial charge in [0.25, 0.3) is 0 Å². The van der Waals surface area contributed by atoms with Gasteiger partial charge in [-0.25, -0.2) is 4.79 Å². The van der Waals surface area contributed by atoms with Crippen LogP contribution in [0.2, 0.25) is 0 Å². The van der Waals surface area contributed by atoms with Crippen molar-refractivity contribution in [3.05, 3.63) is 58.2 Å². The second-order valence-corrected chi connectivity index (χ2v) is 9.84. The summed E-state index contributed by atoms with van der Waals surface area (Å²) in [6, 6.07) is 12.6. The van der Waals surface area contributed by atoms with Crippen LogP contribution < -0.4 is 4.74 Å². The highest BCUT2D eigenvalue weighted by atomic mass is 32.1. The minimum absolute atomic E-state index is 0.140. The summed E-state index contributed by atoms with van der Waals surface area (Å²) in [4.78, 5) is 12.4. The number of rotatable bonds is 9. The van der Waals surface area contributed by atoms with Gasteiger partial charge in [-0.1, -0.05) is 52.8 Å². The van der Waals surface area contributed by atoms with E-state index in [1.165, 1.54) is 28.5 Å². The Labute approximate surface area is 200 Å². The zero-order valence-corrected chi connectivity index (χ0v) is 21.1. The van der Waals surface area contributed by atoms with Crippen LogP contribution in [-0.4, -0.2) is 19.2 Å². The van der Waals surface area contributed by atoms with Gasteiger partial charge in [-0.15, -0.1) is 11.3 Å². The molecule has 1 heterocycles. The molecule has 3 aromatic rings. The minimum Gasteiger partial charge on any atom is -0.493 e. The molecule has 1 aromatic heterocycles. The molecule has 0 spiro atoms. The lowest BCUT2D eigenvalue weighted by atomic mass is 9.88. The van der Waals surface area contributed by atoms with E-state index in [0.717, 1.165) is 33.4 Å². The largest absolute Gasteiger partial charge is 0.493 e. The number of hydrogen-bond acceptors (Lipinski definition) is 4. The first-order valence-corrected chi connectivity index (χ1v) is 12.5. The number of esters is 1. The predicted octanol–water partition coefficient (Wildman–Crippen LogP) is 8.48. The van der Waals surface area contributed by atoms with E-state index in [1.807, 2.05) is 18.2 Å². The molecule has 176 valence electrons. The standard InChI is InChI=1S/C28H33FO3S/c1-7-12-32-27-22(18(5)6)13-19(17(3)4)14-24(27)21-10-9-11-26-23(21)15-20(33-26)16-25(29)28(30)31-8-2/h9-11,13-18H,7-8,12H2,1-6H3/b25-16-. The Morgan fingerprint density at radius 2 is 1.82 bits per heavy atom. The van der Waals surface area contributed by atoms with Crippen LogP contribution in [0.4, 0.5) is 4.39 Å². The van der Waals surface area contributed by atoms with E-state index < -0.39 is 11.8 Å². The topological polar surface area (TPSA) is 35.5 Å². The monoisotopic (exact) mass is 468 g/mol. The van der Waals surface area contributed by atoms with E-state index >= 15 is 0 Å². The first kappa shape index (κ1) is 25.0. The van der Waals surface area contributed by atoms with E-state index in [9.17, 15) is 9.18 Å². The SMILES string of the molecule is CCCOc1c(-c2cccc3sc(/C=C(\F)C(=O)OCC)cc23)cc(C(C)C)cc1C(C)C. The molecule has 0 N–H and O–H groups in total. The molecule has 3 nitrogen and oxygen atoms in total. The van der Waals surface area contributed by atoms with Crippen molar-refractivity contribution in [1.29, 1.82) is 0 Å². The van der Waals surface area contributed by atoms with Crippen LogP contribution in [0.5, 0.6) is 5.75 Å². The highest BCUT2D eigenvalue weighted by Crippen LogP contribution is 2.43. The van der Waals surface area contributed by atoms with Gasteiger partial charge >= 0.3 is 5.97 Å². The summed E-state index contributed by atoms with van der Waals surface area (Å²) in [5.41, 5.74) is 4.57. The van der Waals surface area contributed by atoms with Crippen molar-refractivity contribution in [3.63, 3.8) is 0 Å². The normalized spacial score (nSPS) is 12.1. The van der Waals surface area contributed by atoms with Gasteiger partial charge < -0.3 is 9.47 Å². The fourth-order valence-electron chi connectivity index (χ4n) is 3.77. The molecule has 0 fully saturated rings. The minimum atomic E-state index is -0.934. The van der Waals surface area contributed by atoms with Gasteiger partial charge in [0.2, 0.25) is 5.83 Å². The first-order chi connectivity index (χ1) is 15.8. The number of halogens is 1. The smallest absolute Gasteiger partial charge is 0.367 e. The third-order valence-corrected chi connectivity index (χ3v) is 6.54. The Balaban J connectivity index is 2.22. The Hall–Kier alpha value is -2.66. The lowest BCUT2D eigenvalue weighted by Crippen LogP contribution is -2.04. The van der Waals surface area contributed by atoms with Gasteiger partial charge in [-0.3, -0.25) is 0 Å². The lowest BCUT2D eigenvalue weighted by molar-refractivity contribution is -0.140. The second kappa shape index (κ2) is 11.0. The first-order valence-electron chi connectivity index (χ1n) is 11.6. The summed E-state index contributed by atoms with van der Waals surface area (Å²) in [6.45, 7) is 13.3. The van der Waals surface area contributed by atoms with Gasteiger partial charge in [-0.2, -0.15) is 4.39 Å². The van der Waals surface area contributed by atoms with Gasteiger partial charge in [0, 0.05) is 20.5 Å². The molecule has 0 aliphatic heterocycles. The third kappa shape index (κ3) is 5.64. The molecule has 0 amide bonds. The van der Waals surface area contributed by atoms with Gasteiger partial charge in [-0.05, 0) is 66.1 Å². The van der Waals surface area contributed by atoms with Crippen molar-refractivity contribution in [1.82, 2.24) is 0 Å². The molecule has 0 bridgehead atoms. The van der Waals surface area contributed by atoms with Gasteiger partial charge in [0.15, 0.2) is 0 Å². The average Bonchev–Trinajstić information content (AvgIpc) is 3.19. The molecular weight excluding hydrogens is 435 g/mol. The number of carbonyl (C=O) groups excluding carboxylic acids is 1. The zero-order chi connectivity index (χ0) is 24.1. The lowest BCUT2D eigenvalue weighted by Gasteiger charge is -2.21. The Morgan fingerprint density at radius 3 is 2.45 bits per heavy atom. The van der Waals surface area contributed by atoms with Crippen molar-refractivity contribution in [2.24, 2.45) is 0 Å². The summed E-state index contributed by atoms with van der Waals surface area (Å²) in [5.74, 6) is -0.212. The maximum atomic E-state index is 14.3. The highest BCUT2D eigenvalue weighted by molar-refractivity contribution is 7.20. The number of fused-ring (bicyclic) bond motifs is 1. The van der Waals surface area contributed by atoms with Crippen LogP contribution in [0.1, 0.15) is 75.8 Å². The molecule has 5 heteroatoms. The van der Waals surface area contributed by atoms with E-state index in [-0.39, 0.29) is 6.61 Å². The number of benzene rings is 2. The van der Waals surface area contributed by atoms with E-state index in [1.54, 1.807) is 6.92 Å². The van der Waals surface area contributed by atoms with Crippen molar-refractivity contribution in [3.8, 4) is 16.9 Å². The highest BCUT2D eigenvalue weighted by Gasteiger charge is 2.20. The van der Waals surface area contributed by atoms with E-state index in [0.29, 0.717) is 23.3 Å². The van der Waals surface area contributed by atoms with Crippen LogP contribution in [0, 0.1) is 0 Å². The number of ether oxygens (including phenoxy) is 2. The molecular formula is C28H33FO3S. The zero-order valence-electron chi connectivity index (χ0n) is 20.3. The predicted molar refractivity (Wildman–Crippen MR) is 137 cm³/mol. The molecule has 0 saturated carbocycles. The summed E-state index contributed by atoms with van der Waals surface area (Å²) < 4.78 is 26.4. The van der Waals surface area contributed by atoms with Crippen LogP contribution in [0.25, 0.3) is 27.3 Å². The molecule has 0 unspecified atom stereocenters. The van der Waals surface area contributed by atoms with Crippen LogP contribution in [-0.2, 0) is 9.53 Å². The maximum absolute atomic E-state index is 14.3. The molecule has 0 radical (unpaired) electrons. The van der Waals surface area contributed by atoms with Gasteiger partial charge in [0.05, 0.1) is 13.2 Å². The van der Waals surface area contributed by atoms with Crippen molar-refractivity contribution in [2.75, 3.05) is 13.2 Å². The summed E-state index contributed by atoms with van der Waals surface area (Å²) in [5, 5.41) is 1.02. The molecule has 0 aliphatic carbocycles. The fraction of sp³-hybridized carbons (Fsp3) is 0.393. The van der Waals surface area contributed by atoms with Crippen LogP contribution in [0.15, 0.2) is 42.2 Å². The van der Waals surface area contributed by atoms with Crippen molar-refractivity contribution < 1.29 is 18.7 Å². The molecule has 0 aliphatic rings. The van der Waals surface area contributed by atoms with Crippen LogP contribution >= 0.6 is 11.3 Å². The summed E-state index contributed by atoms with van der Waals surface area (Å²) in [7, 11) is 0. The third-order valence-electron chi connectivity index (χ3n) is 5.49. The quantitative estimate of drug-likeness (QED) is 0.233. The Bertz CT molecular complexity index is 1160. The number of hydrogen-bond donors (Lipinski definition) is 0. The summed E-state index contributed by atoms with van der Waals surface area (Å²) in [6.07, 6.45) is 2.18. The average molecular weight is 469 g/mol. The van der Waals surface area contributed by atoms with Crippen molar-refractivity contribution in [2.45, 2.75) is 59.8 Å².